The second-order valence-electron chi connectivity index (χ2n) is 5.89. The summed E-state index contributed by atoms with van der Waals surface area (Å²) in [6.07, 6.45) is 0.814. The molecule has 0 bridgehead atoms. The Kier molecular flexibility index (Phi) is 3.86. The quantitative estimate of drug-likeness (QED) is 0.926. The lowest BCUT2D eigenvalue weighted by molar-refractivity contribution is 0.0646. The lowest BCUT2D eigenvalue weighted by Crippen LogP contribution is -2.43. The van der Waals surface area contributed by atoms with E-state index >= 15 is 0 Å². The second kappa shape index (κ2) is 5.83. The van der Waals surface area contributed by atoms with Crippen molar-refractivity contribution in [3.05, 3.63) is 64.5 Å². The third-order valence-electron chi connectivity index (χ3n) is 4.30. The minimum Gasteiger partial charge on any atom is -0.478 e. The zero-order valence-corrected chi connectivity index (χ0v) is 13.1. The van der Waals surface area contributed by atoms with Gasteiger partial charge in [-0.3, -0.25) is 4.79 Å². The largest absolute Gasteiger partial charge is 0.478 e. The number of aromatic carboxylic acids is 1. The minimum absolute atomic E-state index is 0.0821. The summed E-state index contributed by atoms with van der Waals surface area (Å²) in [4.78, 5) is 29.8. The van der Waals surface area contributed by atoms with Gasteiger partial charge in [-0.15, -0.1) is 0 Å². The molecule has 1 amide bonds. The first-order valence-electron chi connectivity index (χ1n) is 7.56. The first kappa shape index (κ1) is 15.2. The van der Waals surface area contributed by atoms with Crippen molar-refractivity contribution in [3.8, 4) is 0 Å². The molecule has 0 radical (unpaired) electrons. The number of aromatic nitrogens is 1. The molecule has 1 unspecified atom stereocenters. The van der Waals surface area contributed by atoms with Crippen LogP contribution in [0.3, 0.4) is 0 Å². The molecule has 1 atom stereocenters. The van der Waals surface area contributed by atoms with Gasteiger partial charge in [-0.1, -0.05) is 24.3 Å². The third kappa shape index (κ3) is 2.82. The van der Waals surface area contributed by atoms with E-state index < -0.39 is 5.97 Å². The number of carboxylic acids is 1. The summed E-state index contributed by atoms with van der Waals surface area (Å²) in [6.45, 7) is 4.18. The number of pyridine rings is 1. The number of hydrogen-bond acceptors (Lipinski definition) is 3. The average molecular weight is 310 g/mol. The van der Waals surface area contributed by atoms with E-state index in [-0.39, 0.29) is 17.5 Å². The number of carboxylic acid groups (broad SMARTS) is 1. The van der Waals surface area contributed by atoms with Crippen LogP contribution in [0, 0.1) is 6.92 Å². The van der Waals surface area contributed by atoms with Gasteiger partial charge in [0.05, 0.1) is 11.3 Å². The standard InChI is InChI=1S/C18H18N2O3/c1-11-9-13-5-3-4-6-14(13)10-20(11)17(21)16-8-7-15(18(22)23)12(2)19-16/h3-8,11H,9-10H2,1-2H3,(H,22,23). The van der Waals surface area contributed by atoms with Crippen molar-refractivity contribution in [1.29, 1.82) is 0 Å². The van der Waals surface area contributed by atoms with Crippen LogP contribution in [0.5, 0.6) is 0 Å². The number of rotatable bonds is 2. The van der Waals surface area contributed by atoms with Crippen LogP contribution in [0.25, 0.3) is 0 Å². The molecule has 1 aromatic carbocycles. The molecule has 0 aliphatic carbocycles. The zero-order valence-electron chi connectivity index (χ0n) is 13.1. The van der Waals surface area contributed by atoms with Crippen molar-refractivity contribution in [1.82, 2.24) is 9.88 Å². The fourth-order valence-electron chi connectivity index (χ4n) is 3.00. The normalized spacial score (nSPS) is 16.8. The van der Waals surface area contributed by atoms with E-state index in [1.807, 2.05) is 25.1 Å². The second-order valence-corrected chi connectivity index (χ2v) is 5.89. The van der Waals surface area contributed by atoms with Gasteiger partial charge in [-0.25, -0.2) is 9.78 Å². The Morgan fingerprint density at radius 1 is 1.17 bits per heavy atom. The van der Waals surface area contributed by atoms with Crippen LogP contribution in [0.1, 0.15) is 44.6 Å². The fourth-order valence-corrected chi connectivity index (χ4v) is 3.00. The molecule has 5 nitrogen and oxygen atoms in total. The van der Waals surface area contributed by atoms with Crippen LogP contribution in [0.2, 0.25) is 0 Å². The molecule has 3 rings (SSSR count). The predicted molar refractivity (Wildman–Crippen MR) is 85.4 cm³/mol. The van der Waals surface area contributed by atoms with Gasteiger partial charge in [0.15, 0.2) is 0 Å². The third-order valence-corrected chi connectivity index (χ3v) is 4.30. The summed E-state index contributed by atoms with van der Waals surface area (Å²) in [5.41, 5.74) is 3.19. The smallest absolute Gasteiger partial charge is 0.337 e. The number of carbonyl (C=O) groups is 2. The van der Waals surface area contributed by atoms with Crippen LogP contribution in [-0.2, 0) is 13.0 Å². The maximum atomic E-state index is 12.8. The molecule has 118 valence electrons. The van der Waals surface area contributed by atoms with Crippen molar-refractivity contribution >= 4 is 11.9 Å². The Morgan fingerprint density at radius 3 is 2.52 bits per heavy atom. The monoisotopic (exact) mass is 310 g/mol. The maximum absolute atomic E-state index is 12.8. The molecule has 2 aromatic rings. The lowest BCUT2D eigenvalue weighted by atomic mass is 9.94. The number of hydrogen-bond donors (Lipinski definition) is 1. The Hall–Kier alpha value is -2.69. The van der Waals surface area contributed by atoms with Crippen LogP contribution in [0.15, 0.2) is 36.4 Å². The zero-order chi connectivity index (χ0) is 16.6. The van der Waals surface area contributed by atoms with E-state index in [0.717, 1.165) is 12.0 Å². The van der Waals surface area contributed by atoms with E-state index in [9.17, 15) is 9.59 Å². The Morgan fingerprint density at radius 2 is 1.87 bits per heavy atom. The van der Waals surface area contributed by atoms with Gasteiger partial charge in [0, 0.05) is 12.6 Å². The molecule has 1 aromatic heterocycles. The lowest BCUT2D eigenvalue weighted by Gasteiger charge is -2.34. The van der Waals surface area contributed by atoms with Gasteiger partial charge in [-0.2, -0.15) is 0 Å². The molecule has 23 heavy (non-hydrogen) atoms. The van der Waals surface area contributed by atoms with Gasteiger partial charge in [-0.05, 0) is 43.5 Å². The molecule has 2 heterocycles. The number of aryl methyl sites for hydroxylation is 1. The highest BCUT2D eigenvalue weighted by Gasteiger charge is 2.28. The summed E-state index contributed by atoms with van der Waals surface area (Å²) < 4.78 is 0. The number of benzene rings is 1. The first-order chi connectivity index (χ1) is 11.0. The van der Waals surface area contributed by atoms with Crippen molar-refractivity contribution < 1.29 is 14.7 Å². The molecule has 0 fully saturated rings. The molecular weight excluding hydrogens is 292 g/mol. The van der Waals surface area contributed by atoms with E-state index in [0.29, 0.717) is 17.9 Å². The SMILES string of the molecule is Cc1nc(C(=O)N2Cc3ccccc3CC2C)ccc1C(=O)O. The number of fused-ring (bicyclic) bond motifs is 1. The minimum atomic E-state index is -1.03. The van der Waals surface area contributed by atoms with Gasteiger partial charge in [0.1, 0.15) is 5.69 Å². The molecule has 1 aliphatic heterocycles. The predicted octanol–water partition coefficient (Wildman–Crippen LogP) is 2.68. The Labute approximate surface area is 134 Å². The van der Waals surface area contributed by atoms with Gasteiger partial charge < -0.3 is 10.0 Å². The van der Waals surface area contributed by atoms with Gasteiger partial charge >= 0.3 is 5.97 Å². The van der Waals surface area contributed by atoms with E-state index in [1.165, 1.54) is 17.7 Å². The van der Waals surface area contributed by atoms with Crippen molar-refractivity contribution in [2.24, 2.45) is 0 Å². The molecule has 5 heteroatoms. The summed E-state index contributed by atoms with van der Waals surface area (Å²) in [6, 6.07) is 11.1. The number of nitrogens with zero attached hydrogens (tertiary/aromatic N) is 2. The Bertz CT molecular complexity index is 786. The van der Waals surface area contributed by atoms with Crippen LogP contribution in [0.4, 0.5) is 0 Å². The summed E-state index contributed by atoms with van der Waals surface area (Å²) in [5, 5.41) is 9.06. The number of amides is 1. The van der Waals surface area contributed by atoms with Gasteiger partial charge in [0.2, 0.25) is 0 Å². The van der Waals surface area contributed by atoms with E-state index in [4.69, 9.17) is 5.11 Å². The highest BCUT2D eigenvalue weighted by Crippen LogP contribution is 2.24. The number of carbonyl (C=O) groups excluding carboxylic acids is 1. The molecule has 1 aliphatic rings. The van der Waals surface area contributed by atoms with Crippen molar-refractivity contribution in [2.75, 3.05) is 0 Å². The summed E-state index contributed by atoms with van der Waals surface area (Å²) >= 11 is 0. The molecule has 1 N–H and O–H groups in total. The Balaban J connectivity index is 1.89. The van der Waals surface area contributed by atoms with Crippen LogP contribution in [-0.4, -0.2) is 32.9 Å². The average Bonchev–Trinajstić information content (AvgIpc) is 2.53. The highest BCUT2D eigenvalue weighted by atomic mass is 16.4. The summed E-state index contributed by atoms with van der Waals surface area (Å²) in [5.74, 6) is -1.19. The molecule has 0 saturated carbocycles. The highest BCUT2D eigenvalue weighted by molar-refractivity contribution is 5.94. The van der Waals surface area contributed by atoms with Crippen LogP contribution < -0.4 is 0 Å². The summed E-state index contributed by atoms with van der Waals surface area (Å²) in [7, 11) is 0. The van der Waals surface area contributed by atoms with Crippen LogP contribution >= 0.6 is 0 Å². The fraction of sp³-hybridized carbons (Fsp3) is 0.278. The maximum Gasteiger partial charge on any atom is 0.337 e. The van der Waals surface area contributed by atoms with E-state index in [1.54, 1.807) is 11.8 Å². The van der Waals surface area contributed by atoms with E-state index in [2.05, 4.69) is 11.1 Å². The van der Waals surface area contributed by atoms with Crippen molar-refractivity contribution in [3.63, 3.8) is 0 Å². The van der Waals surface area contributed by atoms with Crippen molar-refractivity contribution in [2.45, 2.75) is 32.9 Å². The first-order valence-corrected chi connectivity index (χ1v) is 7.56. The molecular formula is C18H18N2O3. The molecule has 0 spiro atoms. The topological polar surface area (TPSA) is 70.5 Å². The van der Waals surface area contributed by atoms with Gasteiger partial charge in [0.25, 0.3) is 5.91 Å². The molecule has 0 saturated heterocycles.